The van der Waals surface area contributed by atoms with Gasteiger partial charge in [0, 0.05) is 24.5 Å². The van der Waals surface area contributed by atoms with Crippen LogP contribution in [0.2, 0.25) is 0 Å². The molecule has 0 spiro atoms. The number of aromatic nitrogens is 1. The predicted molar refractivity (Wildman–Crippen MR) is 152 cm³/mol. The highest BCUT2D eigenvalue weighted by Gasteiger charge is 2.46. The molecule has 1 aliphatic rings. The van der Waals surface area contributed by atoms with Gasteiger partial charge in [0.1, 0.15) is 11.5 Å². The largest absolute Gasteiger partial charge is 0.507 e. The van der Waals surface area contributed by atoms with Crippen LogP contribution in [-0.4, -0.2) is 46.5 Å². The van der Waals surface area contributed by atoms with E-state index in [0.717, 1.165) is 24.8 Å². The second-order valence-electron chi connectivity index (χ2n) is 9.50. The average molecular weight is 545 g/mol. The molecule has 0 bridgehead atoms. The summed E-state index contributed by atoms with van der Waals surface area (Å²) in [4.78, 5) is 32.5. The number of ketones is 1. The number of nitrogens with zero attached hydrogens (tertiary/aromatic N) is 2. The number of carbonyl (C=O) groups is 2. The van der Waals surface area contributed by atoms with E-state index in [4.69, 9.17) is 14.2 Å². The molecule has 2 heterocycles. The van der Waals surface area contributed by atoms with Crippen molar-refractivity contribution < 1.29 is 28.9 Å². The van der Waals surface area contributed by atoms with E-state index in [-0.39, 0.29) is 17.9 Å². The molecular formula is C32H36N2O6. The molecule has 8 nitrogen and oxygen atoms in total. The molecule has 1 atom stereocenters. The molecule has 1 aliphatic heterocycles. The Morgan fingerprint density at radius 2 is 1.73 bits per heavy atom. The lowest BCUT2D eigenvalue weighted by molar-refractivity contribution is -0.140. The number of hydrogen-bond donors (Lipinski definition) is 1. The molecule has 0 radical (unpaired) electrons. The summed E-state index contributed by atoms with van der Waals surface area (Å²) in [7, 11) is 0. The van der Waals surface area contributed by atoms with Gasteiger partial charge < -0.3 is 24.2 Å². The first kappa shape index (κ1) is 28.7. The van der Waals surface area contributed by atoms with Gasteiger partial charge in [-0.05, 0) is 73.4 Å². The molecule has 1 N–H and O–H groups in total. The van der Waals surface area contributed by atoms with E-state index >= 15 is 0 Å². The first-order chi connectivity index (χ1) is 19.5. The minimum atomic E-state index is -0.847. The number of benzene rings is 2. The van der Waals surface area contributed by atoms with E-state index in [1.807, 2.05) is 26.0 Å². The molecule has 0 aliphatic carbocycles. The van der Waals surface area contributed by atoms with Crippen molar-refractivity contribution in [1.82, 2.24) is 9.88 Å². The summed E-state index contributed by atoms with van der Waals surface area (Å²) in [6.45, 7) is 7.67. The Kier molecular flexibility index (Phi) is 9.78. The van der Waals surface area contributed by atoms with Gasteiger partial charge in [0.25, 0.3) is 11.7 Å². The van der Waals surface area contributed by atoms with Crippen molar-refractivity contribution in [1.29, 1.82) is 0 Å². The molecule has 3 aromatic rings. The zero-order valence-electron chi connectivity index (χ0n) is 23.3. The highest BCUT2D eigenvalue weighted by Crippen LogP contribution is 2.43. The Bertz CT molecular complexity index is 1340. The van der Waals surface area contributed by atoms with Crippen molar-refractivity contribution >= 4 is 17.4 Å². The fraction of sp³-hybridized carbons (Fsp3) is 0.344. The van der Waals surface area contributed by atoms with Crippen molar-refractivity contribution in [3.63, 3.8) is 0 Å². The molecule has 2 aromatic carbocycles. The van der Waals surface area contributed by atoms with Crippen LogP contribution in [0.5, 0.6) is 17.2 Å². The van der Waals surface area contributed by atoms with E-state index in [1.54, 1.807) is 54.9 Å². The van der Waals surface area contributed by atoms with E-state index < -0.39 is 17.7 Å². The third kappa shape index (κ3) is 6.45. The Morgan fingerprint density at radius 1 is 0.925 bits per heavy atom. The fourth-order valence-corrected chi connectivity index (χ4v) is 4.57. The Balaban J connectivity index is 1.80. The van der Waals surface area contributed by atoms with Gasteiger partial charge in [0.05, 0.1) is 31.4 Å². The lowest BCUT2D eigenvalue weighted by atomic mass is 9.94. The van der Waals surface area contributed by atoms with Crippen LogP contribution in [0.15, 0.2) is 72.6 Å². The predicted octanol–water partition coefficient (Wildman–Crippen LogP) is 6.07. The van der Waals surface area contributed by atoms with Crippen LogP contribution >= 0.6 is 0 Å². The molecule has 8 heteroatoms. The van der Waals surface area contributed by atoms with E-state index in [0.29, 0.717) is 48.2 Å². The van der Waals surface area contributed by atoms with Crippen molar-refractivity contribution in [3.05, 3.63) is 89.3 Å². The SMILES string of the molecule is CCCCOc1ccc(C2C(=C(O)c3ccc(OCCC)cc3)C(=O)C(=O)N2Cc2cccnc2)cc1OCC. The van der Waals surface area contributed by atoms with Crippen molar-refractivity contribution in [2.45, 2.75) is 52.6 Å². The van der Waals surface area contributed by atoms with Gasteiger partial charge in [-0.2, -0.15) is 0 Å². The van der Waals surface area contributed by atoms with Crippen molar-refractivity contribution in [2.75, 3.05) is 19.8 Å². The molecule has 4 rings (SSSR count). The fourth-order valence-electron chi connectivity index (χ4n) is 4.57. The second-order valence-corrected chi connectivity index (χ2v) is 9.50. The van der Waals surface area contributed by atoms with Crippen LogP contribution in [-0.2, 0) is 16.1 Å². The van der Waals surface area contributed by atoms with Crippen LogP contribution in [0, 0.1) is 0 Å². The zero-order valence-corrected chi connectivity index (χ0v) is 23.3. The Labute approximate surface area is 235 Å². The number of aliphatic hydroxyl groups is 1. The smallest absolute Gasteiger partial charge is 0.295 e. The van der Waals surface area contributed by atoms with Gasteiger partial charge in [-0.15, -0.1) is 0 Å². The first-order valence-electron chi connectivity index (χ1n) is 13.8. The highest BCUT2D eigenvalue weighted by atomic mass is 16.5. The van der Waals surface area contributed by atoms with E-state index in [9.17, 15) is 14.7 Å². The number of rotatable bonds is 13. The molecule has 210 valence electrons. The monoisotopic (exact) mass is 544 g/mol. The molecule has 40 heavy (non-hydrogen) atoms. The van der Waals surface area contributed by atoms with E-state index in [2.05, 4.69) is 11.9 Å². The number of Topliss-reactive ketones (excluding diaryl/α,β-unsaturated/α-hetero) is 1. The summed E-state index contributed by atoms with van der Waals surface area (Å²) >= 11 is 0. The number of aliphatic hydroxyl groups excluding tert-OH is 1. The van der Waals surface area contributed by atoms with Crippen LogP contribution in [0.3, 0.4) is 0 Å². The topological polar surface area (TPSA) is 98.2 Å². The van der Waals surface area contributed by atoms with Crippen molar-refractivity contribution in [3.8, 4) is 17.2 Å². The van der Waals surface area contributed by atoms with Gasteiger partial charge in [-0.1, -0.05) is 32.4 Å². The summed E-state index contributed by atoms with van der Waals surface area (Å²) < 4.78 is 17.5. The van der Waals surface area contributed by atoms with Crippen LogP contribution in [0.1, 0.15) is 62.8 Å². The Hall–Kier alpha value is -4.33. The van der Waals surface area contributed by atoms with Crippen LogP contribution in [0.25, 0.3) is 5.76 Å². The zero-order chi connectivity index (χ0) is 28.5. The maximum atomic E-state index is 13.5. The summed E-state index contributed by atoms with van der Waals surface area (Å²) in [5.74, 6) is 0.0668. The van der Waals surface area contributed by atoms with Crippen LogP contribution < -0.4 is 14.2 Å². The molecular weight excluding hydrogens is 508 g/mol. The second kappa shape index (κ2) is 13.6. The molecule has 1 unspecified atom stereocenters. The van der Waals surface area contributed by atoms with Crippen LogP contribution in [0.4, 0.5) is 0 Å². The third-order valence-electron chi connectivity index (χ3n) is 6.56. The summed E-state index contributed by atoms with van der Waals surface area (Å²) in [6, 6.07) is 15.0. The lowest BCUT2D eigenvalue weighted by Gasteiger charge is -2.26. The maximum absolute atomic E-state index is 13.5. The third-order valence-corrected chi connectivity index (χ3v) is 6.56. The Morgan fingerprint density at radius 3 is 2.40 bits per heavy atom. The number of amides is 1. The first-order valence-corrected chi connectivity index (χ1v) is 13.8. The quantitative estimate of drug-likeness (QED) is 0.121. The van der Waals surface area contributed by atoms with E-state index in [1.165, 1.54) is 4.90 Å². The van der Waals surface area contributed by atoms with Gasteiger partial charge in [-0.3, -0.25) is 14.6 Å². The van der Waals surface area contributed by atoms with Gasteiger partial charge in [0.15, 0.2) is 11.5 Å². The minimum Gasteiger partial charge on any atom is -0.507 e. The summed E-state index contributed by atoms with van der Waals surface area (Å²) in [5.41, 5.74) is 1.81. The number of likely N-dealkylation sites (tertiary alicyclic amines) is 1. The van der Waals surface area contributed by atoms with Gasteiger partial charge in [-0.25, -0.2) is 0 Å². The molecule has 1 saturated heterocycles. The maximum Gasteiger partial charge on any atom is 0.295 e. The van der Waals surface area contributed by atoms with Crippen molar-refractivity contribution in [2.24, 2.45) is 0 Å². The summed E-state index contributed by atoms with van der Waals surface area (Å²) in [6.07, 6.45) is 6.07. The average Bonchev–Trinajstić information content (AvgIpc) is 3.22. The molecule has 0 saturated carbocycles. The number of carbonyl (C=O) groups excluding carboxylic acids is 2. The number of ether oxygens (including phenoxy) is 3. The highest BCUT2D eigenvalue weighted by molar-refractivity contribution is 6.46. The van der Waals surface area contributed by atoms with Gasteiger partial charge >= 0.3 is 0 Å². The minimum absolute atomic E-state index is 0.0122. The molecule has 1 fully saturated rings. The molecule has 1 amide bonds. The normalized spacial score (nSPS) is 16.3. The molecule has 1 aromatic heterocycles. The van der Waals surface area contributed by atoms with Gasteiger partial charge in [0.2, 0.25) is 0 Å². The number of pyridine rings is 1. The number of unbranched alkanes of at least 4 members (excludes halogenated alkanes) is 1. The summed E-state index contributed by atoms with van der Waals surface area (Å²) in [5, 5.41) is 11.4. The number of hydrogen-bond acceptors (Lipinski definition) is 7. The lowest BCUT2D eigenvalue weighted by Crippen LogP contribution is -2.29. The standard InChI is InChI=1S/C32H36N2O6/c1-4-7-18-40-26-15-12-24(19-27(26)38-6-3)29-28(30(35)23-10-13-25(14-11-23)39-17-5-2)31(36)32(37)34(29)21-22-9-8-16-33-20-22/h8-16,19-20,29,35H,4-7,17-18,21H2,1-3H3.